The SMILES string of the molecule is O=C(O)C=Cc1cc(F)c(Oc2ccc(Br)cc2)c(F)c1. The second-order valence-corrected chi connectivity index (χ2v) is 4.96. The third-order valence-corrected chi connectivity index (χ3v) is 3.00. The number of ether oxygens (including phenoxy) is 1. The molecule has 3 nitrogen and oxygen atoms in total. The molecule has 0 bridgehead atoms. The second kappa shape index (κ2) is 6.49. The van der Waals surface area contributed by atoms with Crippen molar-refractivity contribution in [3.8, 4) is 11.5 Å². The first kappa shape index (κ1) is 15.2. The van der Waals surface area contributed by atoms with Crippen LogP contribution in [0.2, 0.25) is 0 Å². The molecule has 0 aromatic heterocycles. The molecule has 2 aromatic rings. The summed E-state index contributed by atoms with van der Waals surface area (Å²) in [4.78, 5) is 10.4. The van der Waals surface area contributed by atoms with Crippen molar-refractivity contribution < 1.29 is 23.4 Å². The third kappa shape index (κ3) is 4.13. The topological polar surface area (TPSA) is 46.5 Å². The Morgan fingerprint density at radius 1 is 1.14 bits per heavy atom. The zero-order valence-electron chi connectivity index (χ0n) is 10.5. The summed E-state index contributed by atoms with van der Waals surface area (Å²) < 4.78 is 33.7. The van der Waals surface area contributed by atoms with E-state index in [1.165, 1.54) is 0 Å². The van der Waals surface area contributed by atoms with E-state index >= 15 is 0 Å². The van der Waals surface area contributed by atoms with Crippen molar-refractivity contribution in [1.82, 2.24) is 0 Å². The first-order valence-electron chi connectivity index (χ1n) is 5.79. The second-order valence-electron chi connectivity index (χ2n) is 4.04. The van der Waals surface area contributed by atoms with Gasteiger partial charge in [-0.25, -0.2) is 13.6 Å². The zero-order valence-corrected chi connectivity index (χ0v) is 12.1. The van der Waals surface area contributed by atoms with Crippen molar-refractivity contribution in [2.24, 2.45) is 0 Å². The lowest BCUT2D eigenvalue weighted by atomic mass is 10.2. The molecule has 0 amide bonds. The molecule has 0 atom stereocenters. The van der Waals surface area contributed by atoms with Crippen LogP contribution in [-0.4, -0.2) is 11.1 Å². The van der Waals surface area contributed by atoms with Gasteiger partial charge in [0.25, 0.3) is 0 Å². The van der Waals surface area contributed by atoms with Crippen LogP contribution in [-0.2, 0) is 4.79 Å². The van der Waals surface area contributed by atoms with Crippen molar-refractivity contribution in [2.45, 2.75) is 0 Å². The van der Waals surface area contributed by atoms with Gasteiger partial charge in [-0.2, -0.15) is 0 Å². The predicted octanol–water partition coefficient (Wildman–Crippen LogP) is 4.62. The van der Waals surface area contributed by atoms with Gasteiger partial charge >= 0.3 is 5.97 Å². The zero-order chi connectivity index (χ0) is 15.4. The van der Waals surface area contributed by atoms with Crippen LogP contribution >= 0.6 is 15.9 Å². The molecule has 0 aliphatic heterocycles. The van der Waals surface area contributed by atoms with E-state index in [4.69, 9.17) is 9.84 Å². The molecular weight excluding hydrogens is 346 g/mol. The van der Waals surface area contributed by atoms with Crippen LogP contribution in [0.1, 0.15) is 5.56 Å². The van der Waals surface area contributed by atoms with E-state index in [0.717, 1.165) is 28.8 Å². The van der Waals surface area contributed by atoms with Gasteiger partial charge in [-0.15, -0.1) is 0 Å². The van der Waals surface area contributed by atoms with E-state index in [0.29, 0.717) is 0 Å². The van der Waals surface area contributed by atoms with Crippen LogP contribution < -0.4 is 4.74 Å². The minimum atomic E-state index is -1.20. The Morgan fingerprint density at radius 2 is 1.71 bits per heavy atom. The van der Waals surface area contributed by atoms with Crippen LogP contribution in [0.4, 0.5) is 8.78 Å². The van der Waals surface area contributed by atoms with Crippen molar-refractivity contribution in [1.29, 1.82) is 0 Å². The molecule has 0 saturated carbocycles. The number of halogens is 3. The van der Waals surface area contributed by atoms with E-state index in [1.54, 1.807) is 24.3 Å². The smallest absolute Gasteiger partial charge is 0.328 e. The quantitative estimate of drug-likeness (QED) is 0.815. The van der Waals surface area contributed by atoms with Crippen molar-refractivity contribution >= 4 is 28.0 Å². The van der Waals surface area contributed by atoms with Crippen LogP contribution in [0.25, 0.3) is 6.08 Å². The molecule has 0 saturated heterocycles. The van der Waals surface area contributed by atoms with Gasteiger partial charge in [-0.1, -0.05) is 15.9 Å². The maximum absolute atomic E-state index is 13.8. The Hall–Kier alpha value is -2.21. The van der Waals surface area contributed by atoms with Gasteiger partial charge in [0, 0.05) is 10.5 Å². The Bertz CT molecular complexity index is 674. The molecule has 0 spiro atoms. The number of aliphatic carboxylic acids is 1. The Labute approximate surface area is 127 Å². The lowest BCUT2D eigenvalue weighted by Gasteiger charge is -2.08. The molecule has 0 radical (unpaired) electrons. The highest BCUT2D eigenvalue weighted by molar-refractivity contribution is 9.10. The average molecular weight is 355 g/mol. The summed E-state index contributed by atoms with van der Waals surface area (Å²) in [7, 11) is 0. The van der Waals surface area contributed by atoms with E-state index < -0.39 is 23.4 Å². The summed E-state index contributed by atoms with van der Waals surface area (Å²) in [6.07, 6.45) is 1.89. The minimum absolute atomic E-state index is 0.0931. The largest absolute Gasteiger partial charge is 0.478 e. The summed E-state index contributed by atoms with van der Waals surface area (Å²) in [5.41, 5.74) is 0.0931. The molecule has 6 heteroatoms. The van der Waals surface area contributed by atoms with Crippen LogP contribution in [0, 0.1) is 11.6 Å². The standard InChI is InChI=1S/C15H9BrF2O3/c16-10-2-4-11(5-3-10)21-15-12(17)7-9(8-13(15)18)1-6-14(19)20/h1-8H,(H,19,20). The molecule has 0 heterocycles. The van der Waals surface area contributed by atoms with Gasteiger partial charge in [0.15, 0.2) is 17.4 Å². The molecule has 0 aliphatic carbocycles. The number of carboxylic acids is 1. The van der Waals surface area contributed by atoms with Gasteiger partial charge in [-0.3, -0.25) is 0 Å². The fraction of sp³-hybridized carbons (Fsp3) is 0. The third-order valence-electron chi connectivity index (χ3n) is 2.47. The highest BCUT2D eigenvalue weighted by atomic mass is 79.9. The molecule has 2 rings (SSSR count). The monoisotopic (exact) mass is 354 g/mol. The summed E-state index contributed by atoms with van der Waals surface area (Å²) >= 11 is 3.24. The van der Waals surface area contributed by atoms with Crippen molar-refractivity contribution in [3.05, 3.63) is 64.1 Å². The van der Waals surface area contributed by atoms with Crippen molar-refractivity contribution in [3.63, 3.8) is 0 Å². The van der Waals surface area contributed by atoms with Gasteiger partial charge in [0.1, 0.15) is 5.75 Å². The van der Waals surface area contributed by atoms with Gasteiger partial charge in [0.2, 0.25) is 0 Å². The molecule has 1 N–H and O–H groups in total. The molecule has 0 aliphatic rings. The van der Waals surface area contributed by atoms with E-state index in [-0.39, 0.29) is 11.3 Å². The van der Waals surface area contributed by atoms with Crippen LogP contribution in [0.3, 0.4) is 0 Å². The fourth-order valence-electron chi connectivity index (χ4n) is 1.56. The Kier molecular flexibility index (Phi) is 4.70. The summed E-state index contributed by atoms with van der Waals surface area (Å²) in [6, 6.07) is 8.46. The highest BCUT2D eigenvalue weighted by Crippen LogP contribution is 2.29. The number of carboxylic acid groups (broad SMARTS) is 1. The maximum atomic E-state index is 13.8. The van der Waals surface area contributed by atoms with Gasteiger partial charge < -0.3 is 9.84 Å². The average Bonchev–Trinajstić information content (AvgIpc) is 2.42. The summed E-state index contributed by atoms with van der Waals surface area (Å²) in [5, 5.41) is 8.48. The number of benzene rings is 2. The van der Waals surface area contributed by atoms with Crippen LogP contribution in [0.15, 0.2) is 46.9 Å². The predicted molar refractivity (Wildman–Crippen MR) is 77.2 cm³/mol. The highest BCUT2D eigenvalue weighted by Gasteiger charge is 2.13. The van der Waals surface area contributed by atoms with Gasteiger partial charge in [0.05, 0.1) is 0 Å². The number of hydrogen-bond acceptors (Lipinski definition) is 2. The molecule has 0 unspecified atom stereocenters. The molecule has 21 heavy (non-hydrogen) atoms. The first-order valence-corrected chi connectivity index (χ1v) is 6.58. The molecular formula is C15H9BrF2O3. The molecule has 108 valence electrons. The Balaban J connectivity index is 2.28. The minimum Gasteiger partial charge on any atom is -0.478 e. The Morgan fingerprint density at radius 3 is 2.24 bits per heavy atom. The number of carbonyl (C=O) groups is 1. The van der Waals surface area contributed by atoms with Gasteiger partial charge in [-0.05, 0) is 48.0 Å². The number of rotatable bonds is 4. The molecule has 0 fully saturated rings. The maximum Gasteiger partial charge on any atom is 0.328 e. The lowest BCUT2D eigenvalue weighted by molar-refractivity contribution is -0.131. The van der Waals surface area contributed by atoms with Crippen LogP contribution in [0.5, 0.6) is 11.5 Å². The normalized spacial score (nSPS) is 10.8. The van der Waals surface area contributed by atoms with Crippen molar-refractivity contribution in [2.75, 3.05) is 0 Å². The van der Waals surface area contributed by atoms with E-state index in [1.807, 2.05) is 0 Å². The molecule has 2 aromatic carbocycles. The lowest BCUT2D eigenvalue weighted by Crippen LogP contribution is -1.94. The first-order chi connectivity index (χ1) is 9.95. The summed E-state index contributed by atoms with van der Waals surface area (Å²) in [5.74, 6) is -3.29. The summed E-state index contributed by atoms with van der Waals surface area (Å²) in [6.45, 7) is 0. The van der Waals surface area contributed by atoms with E-state index in [2.05, 4.69) is 15.9 Å². The number of hydrogen-bond donors (Lipinski definition) is 1. The fourth-order valence-corrected chi connectivity index (χ4v) is 1.83. The van der Waals surface area contributed by atoms with E-state index in [9.17, 15) is 13.6 Å².